The molecule has 0 radical (unpaired) electrons. The van der Waals surface area contributed by atoms with Crippen molar-refractivity contribution in [2.24, 2.45) is 0 Å². The van der Waals surface area contributed by atoms with Gasteiger partial charge in [-0.1, -0.05) is 30.3 Å². The Bertz CT molecular complexity index is 916. The van der Waals surface area contributed by atoms with E-state index < -0.39 is 18.0 Å². The van der Waals surface area contributed by atoms with Crippen molar-refractivity contribution < 1.29 is 19.1 Å². The average Bonchev–Trinajstić information content (AvgIpc) is 3.06. The second kappa shape index (κ2) is 7.09. The predicted octanol–water partition coefficient (Wildman–Crippen LogP) is 3.36. The largest absolute Gasteiger partial charge is 0.495 e. The number of carbonyl (C=O) groups excluding carboxylic acids is 2. The molecule has 0 bridgehead atoms. The van der Waals surface area contributed by atoms with Crippen LogP contribution in [0.5, 0.6) is 5.75 Å². The summed E-state index contributed by atoms with van der Waals surface area (Å²) < 4.78 is 10.5. The zero-order valence-corrected chi connectivity index (χ0v) is 13.9. The van der Waals surface area contributed by atoms with Crippen molar-refractivity contribution in [3.63, 3.8) is 0 Å². The van der Waals surface area contributed by atoms with Crippen LogP contribution in [0.25, 0.3) is 10.9 Å². The van der Waals surface area contributed by atoms with E-state index in [9.17, 15) is 9.59 Å². The van der Waals surface area contributed by atoms with E-state index in [1.165, 1.54) is 14.0 Å². The number of rotatable bonds is 5. The van der Waals surface area contributed by atoms with Crippen molar-refractivity contribution in [3.05, 3.63) is 60.3 Å². The van der Waals surface area contributed by atoms with E-state index in [0.717, 1.165) is 10.9 Å². The molecule has 0 spiro atoms. The molecule has 2 N–H and O–H groups in total. The lowest BCUT2D eigenvalue weighted by atomic mass is 10.2. The molecule has 3 aromatic rings. The van der Waals surface area contributed by atoms with E-state index in [2.05, 4.69) is 10.3 Å². The Morgan fingerprint density at radius 3 is 2.60 bits per heavy atom. The third-order valence-electron chi connectivity index (χ3n) is 3.83. The molecule has 1 amide bonds. The first-order chi connectivity index (χ1) is 12.1. The van der Waals surface area contributed by atoms with Gasteiger partial charge in [-0.2, -0.15) is 0 Å². The molecule has 0 fully saturated rings. The highest BCUT2D eigenvalue weighted by molar-refractivity contribution is 6.05. The number of methoxy groups -OCH3 is 1. The number of nitrogens with one attached hydrogen (secondary N) is 2. The van der Waals surface area contributed by atoms with Gasteiger partial charge in [-0.25, -0.2) is 4.79 Å². The maximum Gasteiger partial charge on any atom is 0.341 e. The molecule has 6 heteroatoms. The molecular formula is C19H18N2O4. The highest BCUT2D eigenvalue weighted by Crippen LogP contribution is 2.23. The molecule has 0 unspecified atom stereocenters. The van der Waals surface area contributed by atoms with Crippen LogP contribution >= 0.6 is 0 Å². The SMILES string of the molecule is COc1ccccc1NC(=O)[C@H](C)OC(=O)c1c[nH]c2ccccc12. The number of H-pyrrole nitrogens is 1. The maximum atomic E-state index is 12.4. The summed E-state index contributed by atoms with van der Waals surface area (Å²) in [5, 5.41) is 3.45. The van der Waals surface area contributed by atoms with Crippen LogP contribution in [0.3, 0.4) is 0 Å². The third-order valence-corrected chi connectivity index (χ3v) is 3.83. The molecule has 0 saturated heterocycles. The maximum absolute atomic E-state index is 12.4. The Labute approximate surface area is 144 Å². The molecular weight excluding hydrogens is 320 g/mol. The first kappa shape index (κ1) is 16.6. The molecule has 1 heterocycles. The molecule has 1 atom stereocenters. The standard InChI is InChI=1S/C19H18N2O4/c1-12(18(22)21-16-9-5-6-10-17(16)24-2)25-19(23)14-11-20-15-8-4-3-7-13(14)15/h3-12,20H,1-2H3,(H,21,22)/t12-/m0/s1. The lowest BCUT2D eigenvalue weighted by Gasteiger charge is -2.15. The molecule has 2 aromatic carbocycles. The topological polar surface area (TPSA) is 80.4 Å². The lowest BCUT2D eigenvalue weighted by Crippen LogP contribution is -2.30. The number of aromatic nitrogens is 1. The molecule has 1 aromatic heterocycles. The Kier molecular flexibility index (Phi) is 4.70. The number of hydrogen-bond acceptors (Lipinski definition) is 4. The number of fused-ring (bicyclic) bond motifs is 1. The summed E-state index contributed by atoms with van der Waals surface area (Å²) in [7, 11) is 1.52. The van der Waals surface area contributed by atoms with Crippen LogP contribution in [0, 0.1) is 0 Å². The average molecular weight is 338 g/mol. The molecule has 0 aliphatic heterocycles. The van der Waals surface area contributed by atoms with Crippen LogP contribution in [-0.2, 0) is 9.53 Å². The summed E-state index contributed by atoms with van der Waals surface area (Å²) in [6.07, 6.45) is 0.628. The molecule has 0 aliphatic carbocycles. The first-order valence-corrected chi connectivity index (χ1v) is 7.81. The van der Waals surface area contributed by atoms with E-state index in [-0.39, 0.29) is 0 Å². The Morgan fingerprint density at radius 1 is 1.08 bits per heavy atom. The number of anilines is 1. The minimum atomic E-state index is -0.953. The highest BCUT2D eigenvalue weighted by atomic mass is 16.5. The van der Waals surface area contributed by atoms with E-state index in [4.69, 9.17) is 9.47 Å². The van der Waals surface area contributed by atoms with Gasteiger partial charge in [0.1, 0.15) is 5.75 Å². The number of benzene rings is 2. The van der Waals surface area contributed by atoms with Crippen molar-refractivity contribution in [2.75, 3.05) is 12.4 Å². The van der Waals surface area contributed by atoms with Gasteiger partial charge in [0.05, 0.1) is 18.4 Å². The zero-order valence-electron chi connectivity index (χ0n) is 13.9. The van der Waals surface area contributed by atoms with Crippen LogP contribution in [0.2, 0.25) is 0 Å². The normalized spacial score (nSPS) is 11.8. The second-order valence-electron chi connectivity index (χ2n) is 5.49. The fraction of sp³-hybridized carbons (Fsp3) is 0.158. The minimum absolute atomic E-state index is 0.396. The molecule has 25 heavy (non-hydrogen) atoms. The van der Waals surface area contributed by atoms with Crippen LogP contribution in [-0.4, -0.2) is 30.1 Å². The summed E-state index contributed by atoms with van der Waals surface area (Å²) in [4.78, 5) is 27.7. The van der Waals surface area contributed by atoms with Gasteiger partial charge < -0.3 is 19.8 Å². The van der Waals surface area contributed by atoms with Crippen LogP contribution in [0.4, 0.5) is 5.69 Å². The van der Waals surface area contributed by atoms with E-state index >= 15 is 0 Å². The predicted molar refractivity (Wildman–Crippen MR) is 94.8 cm³/mol. The number of amides is 1. The van der Waals surface area contributed by atoms with E-state index in [0.29, 0.717) is 17.0 Å². The van der Waals surface area contributed by atoms with Crippen molar-refractivity contribution in [1.82, 2.24) is 4.98 Å². The molecule has 128 valence electrons. The van der Waals surface area contributed by atoms with E-state index in [1.54, 1.807) is 30.5 Å². The Balaban J connectivity index is 1.70. The third kappa shape index (κ3) is 3.47. The number of carbonyl (C=O) groups is 2. The van der Waals surface area contributed by atoms with Gasteiger partial charge >= 0.3 is 5.97 Å². The summed E-state index contributed by atoms with van der Waals surface area (Å²) >= 11 is 0. The minimum Gasteiger partial charge on any atom is -0.495 e. The summed E-state index contributed by atoms with van der Waals surface area (Å²) in [5.74, 6) is -0.455. The van der Waals surface area contributed by atoms with Gasteiger partial charge in [0.15, 0.2) is 6.10 Å². The molecule has 3 rings (SSSR count). The van der Waals surface area contributed by atoms with Gasteiger partial charge in [-0.15, -0.1) is 0 Å². The van der Waals surface area contributed by atoms with Crippen molar-refractivity contribution in [2.45, 2.75) is 13.0 Å². The van der Waals surface area contributed by atoms with Crippen LogP contribution in [0.15, 0.2) is 54.7 Å². The zero-order chi connectivity index (χ0) is 17.8. The van der Waals surface area contributed by atoms with Gasteiger partial charge in [-0.3, -0.25) is 4.79 Å². The highest BCUT2D eigenvalue weighted by Gasteiger charge is 2.21. The van der Waals surface area contributed by atoms with E-state index in [1.807, 2.05) is 24.3 Å². The second-order valence-corrected chi connectivity index (χ2v) is 5.49. The van der Waals surface area contributed by atoms with Gasteiger partial charge in [0.25, 0.3) is 5.91 Å². The van der Waals surface area contributed by atoms with Crippen molar-refractivity contribution in [3.8, 4) is 5.75 Å². The lowest BCUT2D eigenvalue weighted by molar-refractivity contribution is -0.123. The van der Waals surface area contributed by atoms with Gasteiger partial charge in [0.2, 0.25) is 0 Å². The monoisotopic (exact) mass is 338 g/mol. The number of hydrogen-bond donors (Lipinski definition) is 2. The molecule has 0 saturated carbocycles. The first-order valence-electron chi connectivity index (χ1n) is 7.81. The fourth-order valence-electron chi connectivity index (χ4n) is 2.50. The number of aromatic amines is 1. The van der Waals surface area contributed by atoms with Crippen molar-refractivity contribution >= 4 is 28.5 Å². The van der Waals surface area contributed by atoms with Crippen LogP contribution < -0.4 is 10.1 Å². The van der Waals surface area contributed by atoms with Crippen molar-refractivity contribution in [1.29, 1.82) is 0 Å². The number of esters is 1. The fourth-order valence-corrected chi connectivity index (χ4v) is 2.50. The summed E-state index contributed by atoms with van der Waals surface area (Å²) in [6.45, 7) is 1.53. The molecule has 0 aliphatic rings. The Hall–Kier alpha value is -3.28. The summed E-state index contributed by atoms with van der Waals surface area (Å²) in [6, 6.07) is 14.4. The van der Waals surface area contributed by atoms with Crippen LogP contribution in [0.1, 0.15) is 17.3 Å². The molecule has 6 nitrogen and oxygen atoms in total. The number of para-hydroxylation sites is 3. The Morgan fingerprint density at radius 2 is 1.80 bits per heavy atom. The summed E-state index contributed by atoms with van der Waals surface area (Å²) in [5.41, 5.74) is 1.75. The smallest absolute Gasteiger partial charge is 0.341 e. The number of ether oxygens (including phenoxy) is 2. The quantitative estimate of drug-likeness (QED) is 0.699. The van der Waals surface area contributed by atoms with Gasteiger partial charge in [-0.05, 0) is 25.1 Å². The van der Waals surface area contributed by atoms with Gasteiger partial charge in [0, 0.05) is 17.1 Å².